The molecule has 0 spiro atoms. The lowest BCUT2D eigenvalue weighted by molar-refractivity contribution is -0.130. The number of benzene rings is 1. The van der Waals surface area contributed by atoms with Crippen LogP contribution in [0.1, 0.15) is 17.9 Å². The number of carbonyl (C=O) groups excluding carboxylic acids is 1. The monoisotopic (exact) mass is 357 g/mol. The highest BCUT2D eigenvalue weighted by Gasteiger charge is 2.14. The number of furan rings is 1. The van der Waals surface area contributed by atoms with Gasteiger partial charge in [-0.3, -0.25) is 4.79 Å². The number of aryl methyl sites for hydroxylation is 1. The topological polar surface area (TPSA) is 72.4 Å². The van der Waals surface area contributed by atoms with Crippen LogP contribution in [0, 0.1) is 0 Å². The van der Waals surface area contributed by atoms with Crippen LogP contribution in [0.25, 0.3) is 11.6 Å². The Kier molecular flexibility index (Phi) is 5.55. The van der Waals surface area contributed by atoms with Crippen LogP contribution in [0.3, 0.4) is 0 Å². The molecule has 3 aromatic rings. The van der Waals surface area contributed by atoms with Gasteiger partial charge in [-0.15, -0.1) is 11.8 Å². The van der Waals surface area contributed by atoms with Crippen LogP contribution in [0.2, 0.25) is 0 Å². The molecule has 6 nitrogen and oxygen atoms in total. The van der Waals surface area contributed by atoms with Gasteiger partial charge in [0, 0.05) is 31.3 Å². The zero-order chi connectivity index (χ0) is 17.6. The zero-order valence-electron chi connectivity index (χ0n) is 14.1. The summed E-state index contributed by atoms with van der Waals surface area (Å²) in [5, 5.41) is 3.86. The molecule has 0 N–H and O–H groups in total. The molecule has 130 valence electrons. The number of carbonyl (C=O) groups is 1. The molecule has 0 bridgehead atoms. The van der Waals surface area contributed by atoms with Crippen molar-refractivity contribution in [2.75, 3.05) is 13.3 Å². The summed E-state index contributed by atoms with van der Waals surface area (Å²) in [5.74, 6) is 1.41. The maximum absolute atomic E-state index is 12.3. The maximum Gasteiger partial charge on any atom is 0.238 e. The van der Waals surface area contributed by atoms with E-state index in [1.165, 1.54) is 4.90 Å². The molecule has 0 aliphatic carbocycles. The summed E-state index contributed by atoms with van der Waals surface area (Å²) in [5.41, 5.74) is 1.10. The highest BCUT2D eigenvalue weighted by Crippen LogP contribution is 2.17. The van der Waals surface area contributed by atoms with E-state index in [4.69, 9.17) is 8.94 Å². The number of thioether (sulfide) groups is 1. The first-order valence-electron chi connectivity index (χ1n) is 7.89. The minimum absolute atomic E-state index is 0.0340. The lowest BCUT2D eigenvalue weighted by Gasteiger charge is -2.17. The van der Waals surface area contributed by atoms with E-state index in [-0.39, 0.29) is 5.91 Å². The summed E-state index contributed by atoms with van der Waals surface area (Å²) in [6.45, 7) is 0.578. The summed E-state index contributed by atoms with van der Waals surface area (Å²) in [6.07, 6.45) is 4.32. The van der Waals surface area contributed by atoms with Crippen molar-refractivity contribution in [1.29, 1.82) is 0 Å². The van der Waals surface area contributed by atoms with Crippen LogP contribution in [-0.2, 0) is 17.8 Å². The second kappa shape index (κ2) is 8.02. The van der Waals surface area contributed by atoms with Gasteiger partial charge >= 0.3 is 0 Å². The molecule has 2 aromatic heterocycles. The fourth-order valence-corrected chi connectivity index (χ4v) is 2.77. The SMILES string of the molecule is CSc1ccc(CN(C)C(=O)CCc2nc(-c3ccco3)no2)cc1. The van der Waals surface area contributed by atoms with Gasteiger partial charge < -0.3 is 13.8 Å². The van der Waals surface area contributed by atoms with E-state index >= 15 is 0 Å². The van der Waals surface area contributed by atoms with E-state index in [0.717, 1.165) is 5.56 Å². The number of aromatic nitrogens is 2. The summed E-state index contributed by atoms with van der Waals surface area (Å²) in [7, 11) is 1.80. The Morgan fingerprint density at radius 2 is 2.04 bits per heavy atom. The molecule has 3 rings (SSSR count). The van der Waals surface area contributed by atoms with Gasteiger partial charge in [0.2, 0.25) is 17.6 Å². The molecular weight excluding hydrogens is 338 g/mol. The van der Waals surface area contributed by atoms with Gasteiger partial charge in [-0.05, 0) is 36.1 Å². The van der Waals surface area contributed by atoms with Gasteiger partial charge in [-0.1, -0.05) is 17.3 Å². The summed E-state index contributed by atoms with van der Waals surface area (Å²) in [4.78, 5) is 19.5. The van der Waals surface area contributed by atoms with Crippen molar-refractivity contribution in [3.8, 4) is 11.6 Å². The molecule has 1 aromatic carbocycles. The van der Waals surface area contributed by atoms with E-state index in [1.807, 2.05) is 18.4 Å². The molecule has 0 atom stereocenters. The van der Waals surface area contributed by atoms with E-state index in [2.05, 4.69) is 22.3 Å². The van der Waals surface area contributed by atoms with Gasteiger partial charge in [0.05, 0.1) is 6.26 Å². The van der Waals surface area contributed by atoms with Gasteiger partial charge in [-0.2, -0.15) is 4.98 Å². The quantitative estimate of drug-likeness (QED) is 0.601. The number of amides is 1. The van der Waals surface area contributed by atoms with Crippen LogP contribution < -0.4 is 0 Å². The number of hydrogen-bond donors (Lipinski definition) is 0. The third-order valence-corrected chi connectivity index (χ3v) is 4.51. The van der Waals surface area contributed by atoms with Gasteiger partial charge in [-0.25, -0.2) is 0 Å². The van der Waals surface area contributed by atoms with Crippen LogP contribution in [0.4, 0.5) is 0 Å². The predicted molar refractivity (Wildman–Crippen MR) is 95.0 cm³/mol. The number of nitrogens with zero attached hydrogens (tertiary/aromatic N) is 3. The molecule has 0 aliphatic heterocycles. The molecule has 0 radical (unpaired) electrons. The Bertz CT molecular complexity index is 812. The van der Waals surface area contributed by atoms with Gasteiger partial charge in [0.1, 0.15) is 0 Å². The average molecular weight is 357 g/mol. The normalized spacial score (nSPS) is 10.8. The lowest BCUT2D eigenvalue weighted by Crippen LogP contribution is -2.26. The van der Waals surface area contributed by atoms with Gasteiger partial charge in [0.25, 0.3) is 0 Å². The standard InChI is InChI=1S/C18H19N3O3S/c1-21(12-13-5-7-14(25-2)8-6-13)17(22)10-9-16-19-18(20-24-16)15-4-3-11-23-15/h3-8,11H,9-10,12H2,1-2H3. The highest BCUT2D eigenvalue weighted by molar-refractivity contribution is 7.98. The minimum atomic E-state index is 0.0340. The first kappa shape index (κ1) is 17.3. The van der Waals surface area contributed by atoms with Crippen molar-refractivity contribution in [1.82, 2.24) is 15.0 Å². The molecule has 0 unspecified atom stereocenters. The second-order valence-corrected chi connectivity index (χ2v) is 6.47. The fourth-order valence-electron chi connectivity index (χ4n) is 2.36. The molecular formula is C18H19N3O3S. The largest absolute Gasteiger partial charge is 0.461 e. The summed E-state index contributed by atoms with van der Waals surface area (Å²) in [6, 6.07) is 11.7. The predicted octanol–water partition coefficient (Wildman–Crippen LogP) is 3.64. The molecule has 0 saturated carbocycles. The number of hydrogen-bond acceptors (Lipinski definition) is 6. The smallest absolute Gasteiger partial charge is 0.238 e. The second-order valence-electron chi connectivity index (χ2n) is 5.59. The molecule has 2 heterocycles. The van der Waals surface area contributed by atoms with Crippen molar-refractivity contribution in [2.45, 2.75) is 24.3 Å². The Labute approximate surface area is 150 Å². The van der Waals surface area contributed by atoms with Crippen molar-refractivity contribution < 1.29 is 13.7 Å². The third kappa shape index (κ3) is 4.51. The molecule has 0 saturated heterocycles. The lowest BCUT2D eigenvalue weighted by atomic mass is 10.2. The zero-order valence-corrected chi connectivity index (χ0v) is 15.0. The summed E-state index contributed by atoms with van der Waals surface area (Å²) >= 11 is 1.70. The van der Waals surface area contributed by atoms with Crippen LogP contribution in [0.5, 0.6) is 0 Å². The highest BCUT2D eigenvalue weighted by atomic mass is 32.2. The van der Waals surface area contributed by atoms with Crippen LogP contribution >= 0.6 is 11.8 Å². The van der Waals surface area contributed by atoms with Crippen molar-refractivity contribution in [3.05, 3.63) is 54.1 Å². The third-order valence-electron chi connectivity index (χ3n) is 3.77. The van der Waals surface area contributed by atoms with Crippen molar-refractivity contribution >= 4 is 17.7 Å². The molecule has 7 heteroatoms. The van der Waals surface area contributed by atoms with E-state index in [9.17, 15) is 4.79 Å². The number of rotatable bonds is 7. The molecule has 1 amide bonds. The van der Waals surface area contributed by atoms with E-state index < -0.39 is 0 Å². The van der Waals surface area contributed by atoms with Crippen molar-refractivity contribution in [2.24, 2.45) is 0 Å². The Morgan fingerprint density at radius 1 is 1.24 bits per heavy atom. The average Bonchev–Trinajstić information content (AvgIpc) is 3.31. The maximum atomic E-state index is 12.3. The van der Waals surface area contributed by atoms with Crippen LogP contribution in [0.15, 0.2) is 56.5 Å². The first-order chi connectivity index (χ1) is 12.2. The molecule has 0 aliphatic rings. The van der Waals surface area contributed by atoms with Crippen LogP contribution in [-0.4, -0.2) is 34.3 Å². The molecule has 0 fully saturated rings. The molecule has 25 heavy (non-hydrogen) atoms. The van der Waals surface area contributed by atoms with Crippen molar-refractivity contribution in [3.63, 3.8) is 0 Å². The summed E-state index contributed by atoms with van der Waals surface area (Å²) < 4.78 is 10.4. The Morgan fingerprint density at radius 3 is 2.72 bits per heavy atom. The van der Waals surface area contributed by atoms with Gasteiger partial charge in [0.15, 0.2) is 5.76 Å². The minimum Gasteiger partial charge on any atom is -0.461 e. The Balaban J connectivity index is 1.51. The first-order valence-corrected chi connectivity index (χ1v) is 9.11. The van der Waals surface area contributed by atoms with E-state index in [1.54, 1.807) is 42.1 Å². The Hall–Kier alpha value is -2.54. The fraction of sp³-hybridized carbons (Fsp3) is 0.278. The van der Waals surface area contributed by atoms with E-state index in [0.29, 0.717) is 36.9 Å².